The highest BCUT2D eigenvalue weighted by Crippen LogP contribution is 2.29. The Kier molecular flexibility index (Phi) is 5.08. The van der Waals surface area contributed by atoms with Crippen LogP contribution < -0.4 is 0 Å². The number of nitrogens with zero attached hydrogens (tertiary/aromatic N) is 2. The van der Waals surface area contributed by atoms with Crippen molar-refractivity contribution >= 4 is 11.6 Å². The SMILES string of the molecule is CCc1nn(CCC(F)(F)F)c(CC)c1C(C)Cl. The Balaban J connectivity index is 3.05. The van der Waals surface area contributed by atoms with Crippen LogP contribution >= 0.6 is 11.6 Å². The summed E-state index contributed by atoms with van der Waals surface area (Å²) < 4.78 is 38.2. The number of alkyl halides is 4. The van der Waals surface area contributed by atoms with E-state index in [1.807, 2.05) is 20.8 Å². The van der Waals surface area contributed by atoms with Gasteiger partial charge in [0.15, 0.2) is 0 Å². The summed E-state index contributed by atoms with van der Waals surface area (Å²) in [6.07, 6.45) is -3.70. The van der Waals surface area contributed by atoms with Crippen molar-refractivity contribution in [3.63, 3.8) is 0 Å². The number of hydrogen-bond donors (Lipinski definition) is 0. The van der Waals surface area contributed by atoms with Gasteiger partial charge in [0, 0.05) is 17.8 Å². The smallest absolute Gasteiger partial charge is 0.269 e. The molecule has 0 amide bonds. The molecule has 0 aliphatic carbocycles. The average molecular weight is 283 g/mol. The molecule has 0 N–H and O–H groups in total. The molecule has 0 bridgehead atoms. The Morgan fingerprint density at radius 1 is 1.28 bits per heavy atom. The molecule has 6 heteroatoms. The van der Waals surface area contributed by atoms with E-state index in [9.17, 15) is 13.2 Å². The third kappa shape index (κ3) is 3.64. The molecule has 104 valence electrons. The van der Waals surface area contributed by atoms with Crippen molar-refractivity contribution in [1.82, 2.24) is 9.78 Å². The predicted octanol–water partition coefficient (Wildman–Crippen LogP) is 4.26. The minimum absolute atomic E-state index is 0.136. The summed E-state index contributed by atoms with van der Waals surface area (Å²) in [6.45, 7) is 5.52. The molecule has 0 spiro atoms. The Bertz CT molecular complexity index is 397. The summed E-state index contributed by atoms with van der Waals surface area (Å²) in [5.41, 5.74) is 2.51. The fourth-order valence-corrected chi connectivity index (χ4v) is 2.33. The molecule has 1 atom stereocenters. The second-order valence-electron chi connectivity index (χ2n) is 4.22. The van der Waals surface area contributed by atoms with Gasteiger partial charge < -0.3 is 0 Å². The summed E-state index contributed by atoms with van der Waals surface area (Å²) in [5, 5.41) is 4.03. The van der Waals surface area contributed by atoms with Gasteiger partial charge in [0.25, 0.3) is 0 Å². The van der Waals surface area contributed by atoms with Crippen LogP contribution in [0, 0.1) is 0 Å². The number of halogens is 4. The zero-order valence-electron chi connectivity index (χ0n) is 10.8. The summed E-state index contributed by atoms with van der Waals surface area (Å²) in [5.74, 6) is 0. The van der Waals surface area contributed by atoms with Gasteiger partial charge in [-0.25, -0.2) is 0 Å². The van der Waals surface area contributed by atoms with Crippen molar-refractivity contribution in [3.8, 4) is 0 Å². The highest BCUT2D eigenvalue weighted by Gasteiger charge is 2.28. The molecule has 0 aliphatic rings. The fourth-order valence-electron chi connectivity index (χ4n) is 2.08. The van der Waals surface area contributed by atoms with Gasteiger partial charge in [-0.3, -0.25) is 4.68 Å². The van der Waals surface area contributed by atoms with Crippen molar-refractivity contribution in [3.05, 3.63) is 17.0 Å². The van der Waals surface area contributed by atoms with E-state index >= 15 is 0 Å². The molecule has 0 saturated heterocycles. The van der Waals surface area contributed by atoms with Gasteiger partial charge in [-0.15, -0.1) is 11.6 Å². The van der Waals surface area contributed by atoms with Crippen LogP contribution in [-0.2, 0) is 19.4 Å². The highest BCUT2D eigenvalue weighted by atomic mass is 35.5. The van der Waals surface area contributed by atoms with Crippen molar-refractivity contribution in [2.24, 2.45) is 0 Å². The summed E-state index contributed by atoms with van der Waals surface area (Å²) >= 11 is 6.10. The summed E-state index contributed by atoms with van der Waals surface area (Å²) in [6, 6.07) is 0. The second-order valence-corrected chi connectivity index (χ2v) is 4.87. The van der Waals surface area contributed by atoms with E-state index in [1.54, 1.807) is 0 Å². The Morgan fingerprint density at radius 2 is 1.89 bits per heavy atom. The van der Waals surface area contributed by atoms with Gasteiger partial charge in [-0.1, -0.05) is 13.8 Å². The van der Waals surface area contributed by atoms with Crippen LogP contribution in [0.5, 0.6) is 0 Å². The molecule has 1 aromatic rings. The number of aromatic nitrogens is 2. The van der Waals surface area contributed by atoms with Crippen molar-refractivity contribution < 1.29 is 13.2 Å². The maximum absolute atomic E-state index is 12.3. The minimum Gasteiger partial charge on any atom is -0.269 e. The normalized spacial score (nSPS) is 13.9. The van der Waals surface area contributed by atoms with Crippen LogP contribution in [0.25, 0.3) is 0 Å². The molecule has 1 aromatic heterocycles. The predicted molar refractivity (Wildman–Crippen MR) is 65.9 cm³/mol. The van der Waals surface area contributed by atoms with Gasteiger partial charge in [0.05, 0.1) is 17.5 Å². The first-order chi connectivity index (χ1) is 8.30. The quantitative estimate of drug-likeness (QED) is 0.738. The first kappa shape index (κ1) is 15.3. The summed E-state index contributed by atoms with van der Waals surface area (Å²) in [4.78, 5) is 0. The maximum atomic E-state index is 12.3. The van der Waals surface area contributed by atoms with E-state index < -0.39 is 12.6 Å². The molecule has 2 nitrogen and oxygen atoms in total. The van der Waals surface area contributed by atoms with Crippen molar-refractivity contribution in [1.29, 1.82) is 0 Å². The van der Waals surface area contributed by atoms with E-state index in [2.05, 4.69) is 5.10 Å². The van der Waals surface area contributed by atoms with E-state index in [-0.39, 0.29) is 11.9 Å². The molecule has 1 rings (SSSR count). The van der Waals surface area contributed by atoms with Gasteiger partial charge >= 0.3 is 6.18 Å². The topological polar surface area (TPSA) is 17.8 Å². The van der Waals surface area contributed by atoms with E-state index in [0.29, 0.717) is 12.8 Å². The van der Waals surface area contributed by atoms with E-state index in [1.165, 1.54) is 4.68 Å². The molecule has 0 fully saturated rings. The Hall–Kier alpha value is -0.710. The van der Waals surface area contributed by atoms with Crippen LogP contribution in [0.1, 0.15) is 49.5 Å². The molecule has 18 heavy (non-hydrogen) atoms. The fraction of sp³-hybridized carbons (Fsp3) is 0.750. The zero-order chi connectivity index (χ0) is 13.9. The van der Waals surface area contributed by atoms with Crippen LogP contribution in [0.2, 0.25) is 0 Å². The van der Waals surface area contributed by atoms with E-state index in [4.69, 9.17) is 11.6 Å². The number of rotatable bonds is 5. The number of aryl methyl sites for hydroxylation is 2. The van der Waals surface area contributed by atoms with Crippen molar-refractivity contribution in [2.45, 2.75) is 58.1 Å². The maximum Gasteiger partial charge on any atom is 0.390 e. The largest absolute Gasteiger partial charge is 0.390 e. The third-order valence-electron chi connectivity index (χ3n) is 2.85. The van der Waals surface area contributed by atoms with Gasteiger partial charge in [0.2, 0.25) is 0 Å². The molecule has 1 heterocycles. The molecule has 0 aromatic carbocycles. The lowest BCUT2D eigenvalue weighted by Crippen LogP contribution is -2.15. The second kappa shape index (κ2) is 5.95. The monoisotopic (exact) mass is 282 g/mol. The zero-order valence-corrected chi connectivity index (χ0v) is 11.6. The Labute approximate surface area is 110 Å². The van der Waals surface area contributed by atoms with Gasteiger partial charge in [0.1, 0.15) is 0 Å². The lowest BCUT2D eigenvalue weighted by Gasteiger charge is -2.10. The third-order valence-corrected chi connectivity index (χ3v) is 3.07. The Morgan fingerprint density at radius 3 is 2.28 bits per heavy atom. The van der Waals surface area contributed by atoms with Crippen LogP contribution in [-0.4, -0.2) is 16.0 Å². The van der Waals surface area contributed by atoms with Crippen LogP contribution in [0.4, 0.5) is 13.2 Å². The highest BCUT2D eigenvalue weighted by molar-refractivity contribution is 6.20. The molecule has 0 aliphatic heterocycles. The first-order valence-corrected chi connectivity index (χ1v) is 6.53. The first-order valence-electron chi connectivity index (χ1n) is 6.09. The molecule has 0 radical (unpaired) electrons. The molecular weight excluding hydrogens is 265 g/mol. The standard InChI is InChI=1S/C12H18ClF3N2/c1-4-9-11(8(3)13)10(5-2)18(17-9)7-6-12(14,15)16/h8H,4-7H2,1-3H3. The average Bonchev–Trinajstić information content (AvgIpc) is 2.63. The van der Waals surface area contributed by atoms with Gasteiger partial charge in [-0.05, 0) is 19.8 Å². The lowest BCUT2D eigenvalue weighted by molar-refractivity contribution is -0.137. The molecule has 0 saturated carbocycles. The number of hydrogen-bond acceptors (Lipinski definition) is 1. The van der Waals surface area contributed by atoms with Crippen LogP contribution in [0.15, 0.2) is 0 Å². The minimum atomic E-state index is -4.16. The molecular formula is C12H18ClF3N2. The lowest BCUT2D eigenvalue weighted by atomic mass is 10.1. The molecule has 1 unspecified atom stereocenters. The van der Waals surface area contributed by atoms with Crippen molar-refractivity contribution in [2.75, 3.05) is 0 Å². The van der Waals surface area contributed by atoms with Crippen LogP contribution in [0.3, 0.4) is 0 Å². The van der Waals surface area contributed by atoms with E-state index in [0.717, 1.165) is 17.0 Å². The summed E-state index contributed by atoms with van der Waals surface area (Å²) in [7, 11) is 0. The van der Waals surface area contributed by atoms with Gasteiger partial charge in [-0.2, -0.15) is 18.3 Å².